The maximum Gasteiger partial charge on any atom is 0.291 e. The number of hydrogen-bond donors (Lipinski definition) is 0. The van der Waals surface area contributed by atoms with Crippen LogP contribution in [-0.2, 0) is 0 Å². The number of thiazole rings is 1. The van der Waals surface area contributed by atoms with Crippen molar-refractivity contribution in [3.63, 3.8) is 0 Å². The van der Waals surface area contributed by atoms with Crippen molar-refractivity contribution in [3.05, 3.63) is 69.0 Å². The molecule has 160 valence electrons. The maximum atomic E-state index is 12.8. The number of nitrogens with zero attached hydrogens (tertiary/aromatic N) is 4. The Hall–Kier alpha value is -3.19. The molecule has 2 aromatic heterocycles. The molecule has 31 heavy (non-hydrogen) atoms. The number of rotatable bonds is 8. The highest BCUT2D eigenvalue weighted by molar-refractivity contribution is 7.15. The number of unbranched alkanes of at least 4 members (excludes halogenated alkanes) is 2. The Morgan fingerprint density at radius 2 is 1.81 bits per heavy atom. The molecular formula is C24H26N4O2S. The van der Waals surface area contributed by atoms with Crippen molar-refractivity contribution in [1.29, 1.82) is 0 Å². The summed E-state index contributed by atoms with van der Waals surface area (Å²) in [5.41, 5.74) is 2.80. The molecule has 0 aliphatic carbocycles. The van der Waals surface area contributed by atoms with Crippen LogP contribution >= 0.6 is 11.3 Å². The fourth-order valence-electron chi connectivity index (χ4n) is 3.22. The van der Waals surface area contributed by atoms with E-state index in [0.29, 0.717) is 15.3 Å². The molecule has 0 fully saturated rings. The van der Waals surface area contributed by atoms with Crippen LogP contribution in [-0.4, -0.2) is 35.3 Å². The molecule has 0 atom stereocenters. The minimum atomic E-state index is -0.147. The molecule has 0 saturated carbocycles. The average Bonchev–Trinajstić information content (AvgIpc) is 3.31. The van der Waals surface area contributed by atoms with E-state index in [1.165, 1.54) is 28.7 Å². The number of fused-ring (bicyclic) bond motifs is 1. The summed E-state index contributed by atoms with van der Waals surface area (Å²) in [5, 5.41) is 4.43. The molecular weight excluding hydrogens is 408 g/mol. The molecule has 4 aromatic rings. The van der Waals surface area contributed by atoms with Crippen LogP contribution in [0, 0.1) is 0 Å². The number of aromatic nitrogens is 3. The summed E-state index contributed by atoms with van der Waals surface area (Å²) in [6.07, 6.45) is 5.29. The monoisotopic (exact) mass is 434 g/mol. The average molecular weight is 435 g/mol. The van der Waals surface area contributed by atoms with E-state index in [4.69, 9.17) is 4.74 Å². The van der Waals surface area contributed by atoms with Gasteiger partial charge in [0, 0.05) is 25.3 Å². The van der Waals surface area contributed by atoms with E-state index in [2.05, 4.69) is 17.0 Å². The molecule has 6 nitrogen and oxygen atoms in total. The minimum absolute atomic E-state index is 0.147. The van der Waals surface area contributed by atoms with Gasteiger partial charge >= 0.3 is 0 Å². The van der Waals surface area contributed by atoms with Gasteiger partial charge in [0.15, 0.2) is 5.82 Å². The Kier molecular flexibility index (Phi) is 6.32. The van der Waals surface area contributed by atoms with Crippen molar-refractivity contribution in [3.8, 4) is 17.1 Å². The highest BCUT2D eigenvalue weighted by Gasteiger charge is 2.12. The maximum absolute atomic E-state index is 12.8. The van der Waals surface area contributed by atoms with Gasteiger partial charge in [-0.3, -0.25) is 4.79 Å². The third-order valence-corrected chi connectivity index (χ3v) is 5.98. The topological polar surface area (TPSA) is 59.7 Å². The van der Waals surface area contributed by atoms with Gasteiger partial charge in [0.1, 0.15) is 5.75 Å². The smallest absolute Gasteiger partial charge is 0.291 e. The van der Waals surface area contributed by atoms with Gasteiger partial charge < -0.3 is 9.64 Å². The highest BCUT2D eigenvalue weighted by atomic mass is 32.1. The first-order chi connectivity index (χ1) is 15.0. The van der Waals surface area contributed by atoms with Gasteiger partial charge in [0.05, 0.1) is 11.1 Å². The zero-order valence-corrected chi connectivity index (χ0v) is 18.9. The van der Waals surface area contributed by atoms with Gasteiger partial charge in [-0.2, -0.15) is 9.50 Å². The van der Waals surface area contributed by atoms with Crippen molar-refractivity contribution < 1.29 is 4.74 Å². The highest BCUT2D eigenvalue weighted by Crippen LogP contribution is 2.21. The predicted octanol–water partition coefficient (Wildman–Crippen LogP) is 4.00. The lowest BCUT2D eigenvalue weighted by atomic mass is 10.2. The Bertz CT molecular complexity index is 1260. The van der Waals surface area contributed by atoms with Crippen LogP contribution in [0.25, 0.3) is 22.4 Å². The van der Waals surface area contributed by atoms with Crippen molar-refractivity contribution in [2.75, 3.05) is 25.6 Å². The van der Waals surface area contributed by atoms with E-state index >= 15 is 0 Å². The van der Waals surface area contributed by atoms with Crippen LogP contribution in [0.3, 0.4) is 0 Å². The molecule has 0 unspecified atom stereocenters. The molecule has 0 radical (unpaired) electrons. The molecule has 0 spiro atoms. The first-order valence-corrected chi connectivity index (χ1v) is 11.3. The second kappa shape index (κ2) is 9.31. The Balaban J connectivity index is 1.54. The number of benzene rings is 2. The van der Waals surface area contributed by atoms with Gasteiger partial charge in [-0.05, 0) is 54.5 Å². The van der Waals surface area contributed by atoms with Crippen LogP contribution in [0.2, 0.25) is 0 Å². The zero-order chi connectivity index (χ0) is 21.8. The summed E-state index contributed by atoms with van der Waals surface area (Å²) < 4.78 is 7.76. The molecule has 2 heterocycles. The second-order valence-electron chi connectivity index (χ2n) is 7.61. The molecule has 4 rings (SSSR count). The van der Waals surface area contributed by atoms with Crippen LogP contribution < -0.4 is 19.7 Å². The number of ether oxygens (including phenoxy) is 1. The van der Waals surface area contributed by atoms with Crippen molar-refractivity contribution in [2.45, 2.75) is 26.2 Å². The van der Waals surface area contributed by atoms with E-state index in [0.717, 1.165) is 35.6 Å². The predicted molar refractivity (Wildman–Crippen MR) is 127 cm³/mol. The van der Waals surface area contributed by atoms with Gasteiger partial charge in [0.2, 0.25) is 4.96 Å². The number of anilines is 1. The Morgan fingerprint density at radius 3 is 2.45 bits per heavy atom. The van der Waals surface area contributed by atoms with Gasteiger partial charge in [-0.1, -0.05) is 43.2 Å². The minimum Gasteiger partial charge on any atom is -0.494 e. The number of hydrogen-bond acceptors (Lipinski definition) is 6. The summed E-state index contributed by atoms with van der Waals surface area (Å²) >= 11 is 1.35. The van der Waals surface area contributed by atoms with E-state index in [9.17, 15) is 4.79 Å². The quantitative estimate of drug-likeness (QED) is 0.392. The van der Waals surface area contributed by atoms with Crippen LogP contribution in [0.5, 0.6) is 5.75 Å². The van der Waals surface area contributed by atoms with Crippen molar-refractivity contribution >= 4 is 28.1 Å². The Labute approximate surface area is 185 Å². The molecule has 0 bridgehead atoms. The molecule has 0 amide bonds. The van der Waals surface area contributed by atoms with Gasteiger partial charge in [0.25, 0.3) is 5.56 Å². The van der Waals surface area contributed by atoms with Crippen LogP contribution in [0.1, 0.15) is 31.7 Å². The summed E-state index contributed by atoms with van der Waals surface area (Å²) in [4.78, 5) is 20.0. The lowest BCUT2D eigenvalue weighted by molar-refractivity contribution is 0.306. The normalized spacial score (nSPS) is 11.9. The fourth-order valence-corrected chi connectivity index (χ4v) is 4.13. The van der Waals surface area contributed by atoms with Crippen molar-refractivity contribution in [2.24, 2.45) is 0 Å². The molecule has 0 aliphatic rings. The lowest BCUT2D eigenvalue weighted by Crippen LogP contribution is -2.23. The third kappa shape index (κ3) is 4.77. The Morgan fingerprint density at radius 1 is 1.06 bits per heavy atom. The molecule has 0 N–H and O–H groups in total. The third-order valence-electron chi connectivity index (χ3n) is 5.02. The van der Waals surface area contributed by atoms with E-state index in [1.54, 1.807) is 0 Å². The van der Waals surface area contributed by atoms with Crippen LogP contribution in [0.4, 0.5) is 5.69 Å². The molecule has 0 aliphatic heterocycles. The van der Waals surface area contributed by atoms with Gasteiger partial charge in [-0.25, -0.2) is 0 Å². The first-order valence-electron chi connectivity index (χ1n) is 10.5. The lowest BCUT2D eigenvalue weighted by Gasteiger charge is -2.11. The summed E-state index contributed by atoms with van der Waals surface area (Å²) in [5.74, 6) is 1.38. The second-order valence-corrected chi connectivity index (χ2v) is 8.62. The fraction of sp³-hybridized carbons (Fsp3) is 0.292. The zero-order valence-electron chi connectivity index (χ0n) is 18.0. The summed E-state index contributed by atoms with van der Waals surface area (Å²) in [7, 11) is 4.00. The van der Waals surface area contributed by atoms with E-state index in [-0.39, 0.29) is 5.56 Å². The molecule has 7 heteroatoms. The van der Waals surface area contributed by atoms with E-state index in [1.807, 2.05) is 73.6 Å². The summed E-state index contributed by atoms with van der Waals surface area (Å²) in [6, 6.07) is 15.8. The standard InChI is InChI=1S/C24H26N4O2S/c1-4-5-6-15-30-20-13-9-18(10-14-20)22-25-24-28(26-22)23(29)21(31-24)16-17-7-11-19(12-8-17)27(2)3/h7-14,16H,4-6,15H2,1-3H3. The van der Waals surface area contributed by atoms with Crippen molar-refractivity contribution in [1.82, 2.24) is 14.6 Å². The molecule has 0 saturated heterocycles. The SMILES string of the molecule is CCCCCOc1ccc(-c2nc3sc(=Cc4ccc(N(C)C)cc4)c(=O)n3n2)cc1. The van der Waals surface area contributed by atoms with Crippen LogP contribution in [0.15, 0.2) is 53.3 Å². The molecule has 2 aromatic carbocycles. The summed E-state index contributed by atoms with van der Waals surface area (Å²) in [6.45, 7) is 2.90. The first kappa shape index (κ1) is 21.1. The van der Waals surface area contributed by atoms with E-state index < -0.39 is 0 Å². The van der Waals surface area contributed by atoms with Gasteiger partial charge in [-0.15, -0.1) is 5.10 Å². The largest absolute Gasteiger partial charge is 0.494 e.